The number of aliphatic hydroxyl groups is 1. The Labute approximate surface area is 93.1 Å². The Morgan fingerprint density at radius 1 is 1.56 bits per heavy atom. The molecule has 1 heterocycles. The monoisotopic (exact) mass is 222 g/mol. The first kappa shape index (κ1) is 10.9. The lowest BCUT2D eigenvalue weighted by Crippen LogP contribution is -2.38. The highest BCUT2D eigenvalue weighted by Gasteiger charge is 2.27. The van der Waals surface area contributed by atoms with E-state index in [1.165, 1.54) is 18.5 Å². The number of aliphatic hydroxyl groups excluding tert-OH is 1. The molecule has 1 aromatic rings. The minimum Gasteiger partial charge on any atom is -0.505 e. The molecule has 0 atom stereocenters. The van der Waals surface area contributed by atoms with E-state index in [9.17, 15) is 9.90 Å². The lowest BCUT2D eigenvalue weighted by atomic mass is 9.82. The van der Waals surface area contributed by atoms with E-state index in [0.29, 0.717) is 12.5 Å². The minimum atomic E-state index is -0.304. The fraction of sp³-hybridized carbons (Fsp3) is 0.455. The van der Waals surface area contributed by atoms with Crippen LogP contribution in [0.3, 0.4) is 0 Å². The van der Waals surface area contributed by atoms with Crippen molar-refractivity contribution in [1.82, 2.24) is 10.3 Å². The summed E-state index contributed by atoms with van der Waals surface area (Å²) in [5, 5.41) is 21.2. The second-order valence-corrected chi connectivity index (χ2v) is 4.09. The molecule has 1 aromatic heterocycles. The minimum absolute atomic E-state index is 0.117. The summed E-state index contributed by atoms with van der Waals surface area (Å²) in [6.07, 6.45) is 3.96. The maximum atomic E-state index is 11.6. The number of hydrogen-bond acceptors (Lipinski definition) is 4. The molecule has 1 fully saturated rings. The number of aromatic hydroxyl groups is 1. The van der Waals surface area contributed by atoms with E-state index in [2.05, 4.69) is 10.3 Å². The predicted octanol–water partition coefficient (Wildman–Crippen LogP) is 0.288. The van der Waals surface area contributed by atoms with Crippen LogP contribution in [0.15, 0.2) is 18.5 Å². The highest BCUT2D eigenvalue weighted by molar-refractivity contribution is 5.96. The fourth-order valence-corrected chi connectivity index (χ4v) is 1.78. The maximum absolute atomic E-state index is 11.6. The normalized spacial score (nSPS) is 23.6. The molecule has 0 unspecified atom stereocenters. The van der Waals surface area contributed by atoms with Crippen LogP contribution in [0.5, 0.6) is 5.75 Å². The molecular formula is C11H14N2O3. The molecule has 0 aliphatic heterocycles. The molecule has 1 amide bonds. The van der Waals surface area contributed by atoms with Crippen molar-refractivity contribution in [3.63, 3.8) is 0 Å². The third kappa shape index (κ3) is 2.30. The van der Waals surface area contributed by atoms with Crippen LogP contribution in [0.25, 0.3) is 0 Å². The number of nitrogens with zero attached hydrogens (tertiary/aromatic N) is 1. The Bertz CT molecular complexity index is 389. The lowest BCUT2D eigenvalue weighted by Gasteiger charge is -2.31. The SMILES string of the molecule is O=C(NCC1CC(O)C1)c1ccncc1O. The molecule has 0 aromatic carbocycles. The van der Waals surface area contributed by atoms with Crippen molar-refractivity contribution < 1.29 is 15.0 Å². The summed E-state index contributed by atoms with van der Waals surface area (Å²) < 4.78 is 0. The first-order chi connectivity index (χ1) is 7.66. The molecule has 0 spiro atoms. The third-order valence-corrected chi connectivity index (χ3v) is 2.81. The Morgan fingerprint density at radius 2 is 2.31 bits per heavy atom. The van der Waals surface area contributed by atoms with Crippen molar-refractivity contribution in [3.05, 3.63) is 24.0 Å². The number of hydrogen-bond donors (Lipinski definition) is 3. The zero-order valence-corrected chi connectivity index (χ0v) is 8.76. The summed E-state index contributed by atoms with van der Waals surface area (Å²) in [7, 11) is 0. The molecule has 5 heteroatoms. The fourth-order valence-electron chi connectivity index (χ4n) is 1.78. The van der Waals surface area contributed by atoms with Gasteiger partial charge in [-0.2, -0.15) is 0 Å². The van der Waals surface area contributed by atoms with Crippen LogP contribution >= 0.6 is 0 Å². The van der Waals surface area contributed by atoms with E-state index in [1.807, 2.05) is 0 Å². The van der Waals surface area contributed by atoms with Crippen LogP contribution in [-0.4, -0.2) is 33.8 Å². The summed E-state index contributed by atoms with van der Waals surface area (Å²) in [4.78, 5) is 15.3. The first-order valence-corrected chi connectivity index (χ1v) is 5.26. The van der Waals surface area contributed by atoms with Gasteiger partial charge in [0.15, 0.2) is 0 Å². The molecule has 0 bridgehead atoms. The van der Waals surface area contributed by atoms with Gasteiger partial charge in [-0.25, -0.2) is 0 Å². The van der Waals surface area contributed by atoms with Crippen molar-refractivity contribution in [2.45, 2.75) is 18.9 Å². The van der Waals surface area contributed by atoms with Gasteiger partial charge in [-0.15, -0.1) is 0 Å². The van der Waals surface area contributed by atoms with Gasteiger partial charge < -0.3 is 15.5 Å². The molecule has 1 aliphatic rings. The number of nitrogens with one attached hydrogen (secondary N) is 1. The molecule has 86 valence electrons. The van der Waals surface area contributed by atoms with E-state index in [1.54, 1.807) is 0 Å². The van der Waals surface area contributed by atoms with Crippen LogP contribution in [0.4, 0.5) is 0 Å². The molecular weight excluding hydrogens is 208 g/mol. The molecule has 5 nitrogen and oxygen atoms in total. The lowest BCUT2D eigenvalue weighted by molar-refractivity contribution is 0.0420. The van der Waals surface area contributed by atoms with Gasteiger partial charge in [0.1, 0.15) is 5.75 Å². The largest absolute Gasteiger partial charge is 0.505 e. The van der Waals surface area contributed by atoms with Crippen molar-refractivity contribution in [2.24, 2.45) is 5.92 Å². The Kier molecular flexibility index (Phi) is 3.05. The second kappa shape index (κ2) is 4.49. The number of carbonyl (C=O) groups excluding carboxylic acids is 1. The number of rotatable bonds is 3. The van der Waals surface area contributed by atoms with Gasteiger partial charge >= 0.3 is 0 Å². The number of carbonyl (C=O) groups is 1. The van der Waals surface area contributed by atoms with E-state index in [0.717, 1.165) is 12.8 Å². The quantitative estimate of drug-likeness (QED) is 0.686. The van der Waals surface area contributed by atoms with Crippen LogP contribution in [-0.2, 0) is 0 Å². The average Bonchev–Trinajstić information content (AvgIpc) is 2.23. The summed E-state index contributed by atoms with van der Waals surface area (Å²) in [5.41, 5.74) is 0.231. The van der Waals surface area contributed by atoms with Crippen molar-refractivity contribution in [1.29, 1.82) is 0 Å². The van der Waals surface area contributed by atoms with Gasteiger partial charge in [-0.3, -0.25) is 9.78 Å². The topological polar surface area (TPSA) is 82.5 Å². The zero-order valence-electron chi connectivity index (χ0n) is 8.76. The zero-order chi connectivity index (χ0) is 11.5. The van der Waals surface area contributed by atoms with Gasteiger partial charge in [0.2, 0.25) is 0 Å². The Hall–Kier alpha value is -1.62. The summed E-state index contributed by atoms with van der Waals surface area (Å²) in [5.74, 6) is -0.0714. The van der Waals surface area contributed by atoms with E-state index in [-0.39, 0.29) is 23.3 Å². The average molecular weight is 222 g/mol. The van der Waals surface area contributed by atoms with Crippen molar-refractivity contribution >= 4 is 5.91 Å². The van der Waals surface area contributed by atoms with Crippen LogP contribution in [0.2, 0.25) is 0 Å². The smallest absolute Gasteiger partial charge is 0.255 e. The highest BCUT2D eigenvalue weighted by atomic mass is 16.3. The number of pyridine rings is 1. The second-order valence-electron chi connectivity index (χ2n) is 4.09. The standard InChI is InChI=1S/C11H14N2O3/c14-8-3-7(4-8)5-13-11(16)9-1-2-12-6-10(9)15/h1-2,6-8,14-15H,3-5H2,(H,13,16). The van der Waals surface area contributed by atoms with Gasteiger partial charge in [0, 0.05) is 12.7 Å². The van der Waals surface area contributed by atoms with E-state index < -0.39 is 0 Å². The molecule has 1 saturated carbocycles. The van der Waals surface area contributed by atoms with Gasteiger partial charge in [-0.1, -0.05) is 0 Å². The van der Waals surface area contributed by atoms with Gasteiger partial charge in [0.05, 0.1) is 17.9 Å². The van der Waals surface area contributed by atoms with Crippen LogP contribution < -0.4 is 5.32 Å². The van der Waals surface area contributed by atoms with Crippen molar-refractivity contribution in [3.8, 4) is 5.75 Å². The first-order valence-electron chi connectivity index (χ1n) is 5.26. The van der Waals surface area contributed by atoms with Crippen LogP contribution in [0, 0.1) is 5.92 Å². The molecule has 3 N–H and O–H groups in total. The predicted molar refractivity (Wildman–Crippen MR) is 57.0 cm³/mol. The van der Waals surface area contributed by atoms with E-state index in [4.69, 9.17) is 5.11 Å². The van der Waals surface area contributed by atoms with Gasteiger partial charge in [0.25, 0.3) is 5.91 Å². The molecule has 1 aliphatic carbocycles. The summed E-state index contributed by atoms with van der Waals surface area (Å²) in [6, 6.07) is 1.47. The number of aromatic nitrogens is 1. The number of amides is 1. The Balaban J connectivity index is 1.86. The Morgan fingerprint density at radius 3 is 2.94 bits per heavy atom. The molecule has 16 heavy (non-hydrogen) atoms. The molecule has 2 rings (SSSR count). The molecule has 0 radical (unpaired) electrons. The maximum Gasteiger partial charge on any atom is 0.255 e. The molecule has 0 saturated heterocycles. The third-order valence-electron chi connectivity index (χ3n) is 2.81. The van der Waals surface area contributed by atoms with Crippen molar-refractivity contribution in [2.75, 3.05) is 6.54 Å². The summed E-state index contributed by atoms with van der Waals surface area (Å²) in [6.45, 7) is 0.539. The highest BCUT2D eigenvalue weighted by Crippen LogP contribution is 2.26. The van der Waals surface area contributed by atoms with Gasteiger partial charge in [-0.05, 0) is 24.8 Å². The summed E-state index contributed by atoms with van der Waals surface area (Å²) >= 11 is 0. The van der Waals surface area contributed by atoms with E-state index >= 15 is 0 Å². The van der Waals surface area contributed by atoms with Crippen LogP contribution in [0.1, 0.15) is 23.2 Å².